The Balaban J connectivity index is 2.67. The molecule has 0 fully saturated rings. The van der Waals surface area contributed by atoms with E-state index in [-0.39, 0.29) is 10.5 Å². The highest BCUT2D eigenvalue weighted by Gasteiger charge is 2.27. The summed E-state index contributed by atoms with van der Waals surface area (Å²) in [6.45, 7) is 1.53. The quantitative estimate of drug-likeness (QED) is 0.361. The van der Waals surface area contributed by atoms with Crippen molar-refractivity contribution in [3.05, 3.63) is 47.8 Å². The van der Waals surface area contributed by atoms with Crippen LogP contribution in [-0.2, 0) is 20.0 Å². The highest BCUT2D eigenvalue weighted by atomic mass is 32.2. The molecule has 1 aromatic heterocycles. The molecular formula is C15H18N4O6S2. The molecule has 146 valence electrons. The van der Waals surface area contributed by atoms with Gasteiger partial charge in [0, 0.05) is 24.2 Å². The van der Waals surface area contributed by atoms with Crippen LogP contribution in [0.2, 0.25) is 0 Å². The molecule has 0 aliphatic heterocycles. The van der Waals surface area contributed by atoms with Crippen LogP contribution in [0.1, 0.15) is 15.9 Å². The molecule has 0 saturated carbocycles. The third-order valence-electron chi connectivity index (χ3n) is 3.65. The summed E-state index contributed by atoms with van der Waals surface area (Å²) in [7, 11) is -8.41. The van der Waals surface area contributed by atoms with Gasteiger partial charge in [0.25, 0.3) is 16.0 Å². The van der Waals surface area contributed by atoms with Gasteiger partial charge in [-0.3, -0.25) is 19.7 Å². The second kappa shape index (κ2) is 7.13. The zero-order valence-corrected chi connectivity index (χ0v) is 16.1. The fourth-order valence-electron chi connectivity index (χ4n) is 2.44. The minimum atomic E-state index is -4.65. The number of amides is 1. The average molecular weight is 414 g/mol. The van der Waals surface area contributed by atoms with Crippen LogP contribution in [-0.4, -0.2) is 54.9 Å². The average Bonchev–Trinajstić information content (AvgIpc) is 3.03. The topological polar surface area (TPSA) is 164 Å². The van der Waals surface area contributed by atoms with Crippen molar-refractivity contribution in [2.45, 2.75) is 11.8 Å². The van der Waals surface area contributed by atoms with Crippen molar-refractivity contribution in [1.82, 2.24) is 9.47 Å². The van der Waals surface area contributed by atoms with Gasteiger partial charge in [-0.1, -0.05) is 0 Å². The maximum Gasteiger partial charge on any atom is 0.283 e. The van der Waals surface area contributed by atoms with Crippen molar-refractivity contribution < 1.29 is 26.2 Å². The summed E-state index contributed by atoms with van der Waals surface area (Å²) in [6.07, 6.45) is 4.23. The standard InChI is InChI=1S/C15H18N4O6S2/c1-10-7-12(18-5-3-4-6-18)13(26(2,21)22)8-11(10)14(20)19(15(16)17)9-27(23,24)25/h3-8H,9H2,1-2H3,(H3,16,17)(H,23,24,25). The number of hydrogen-bond donors (Lipinski definition) is 3. The Morgan fingerprint density at radius 1 is 1.22 bits per heavy atom. The molecule has 12 heteroatoms. The minimum Gasteiger partial charge on any atom is -0.370 e. The lowest BCUT2D eigenvalue weighted by molar-refractivity contribution is 0.0858. The number of rotatable bonds is 5. The van der Waals surface area contributed by atoms with Crippen LogP contribution in [0.15, 0.2) is 41.6 Å². The summed E-state index contributed by atoms with van der Waals surface area (Å²) >= 11 is 0. The zero-order chi connectivity index (χ0) is 20.6. The number of nitrogens with one attached hydrogen (secondary N) is 1. The van der Waals surface area contributed by atoms with Crippen molar-refractivity contribution >= 4 is 31.8 Å². The molecule has 4 N–H and O–H groups in total. The van der Waals surface area contributed by atoms with E-state index in [1.165, 1.54) is 13.0 Å². The fourth-order valence-corrected chi connectivity index (χ4v) is 3.90. The van der Waals surface area contributed by atoms with Crippen LogP contribution in [0.4, 0.5) is 0 Å². The molecular weight excluding hydrogens is 396 g/mol. The number of sulfone groups is 1. The minimum absolute atomic E-state index is 0.162. The van der Waals surface area contributed by atoms with E-state index in [2.05, 4.69) is 0 Å². The Hall–Kier alpha value is -2.70. The highest BCUT2D eigenvalue weighted by Crippen LogP contribution is 2.26. The Morgan fingerprint density at radius 3 is 2.22 bits per heavy atom. The van der Waals surface area contributed by atoms with Gasteiger partial charge in [-0.2, -0.15) is 8.42 Å². The first kappa shape index (κ1) is 20.6. The molecule has 0 unspecified atom stereocenters. The van der Waals surface area contributed by atoms with Crippen LogP contribution in [0.3, 0.4) is 0 Å². The molecule has 27 heavy (non-hydrogen) atoms. The van der Waals surface area contributed by atoms with Crippen LogP contribution in [0, 0.1) is 12.3 Å². The molecule has 0 spiro atoms. The van der Waals surface area contributed by atoms with Gasteiger partial charge in [0.05, 0.1) is 10.6 Å². The lowest BCUT2D eigenvalue weighted by Gasteiger charge is -2.21. The molecule has 0 aliphatic rings. The molecule has 0 aliphatic carbocycles. The van der Waals surface area contributed by atoms with Crippen molar-refractivity contribution in [1.29, 1.82) is 5.41 Å². The SMILES string of the molecule is Cc1cc(-n2cccc2)c(S(C)(=O)=O)cc1C(=O)N(CS(=O)(=O)O)C(=N)N. The Kier molecular flexibility index (Phi) is 5.45. The molecule has 10 nitrogen and oxygen atoms in total. The number of carbonyl (C=O) groups excluding carboxylic acids is 1. The largest absolute Gasteiger partial charge is 0.370 e. The number of nitrogens with two attached hydrogens (primary N) is 1. The Bertz CT molecular complexity index is 1110. The number of aromatic nitrogens is 1. The second-order valence-corrected chi connectivity index (χ2v) is 9.23. The van der Waals surface area contributed by atoms with Crippen LogP contribution < -0.4 is 5.73 Å². The van der Waals surface area contributed by atoms with E-state index < -0.39 is 37.7 Å². The van der Waals surface area contributed by atoms with Gasteiger partial charge >= 0.3 is 0 Å². The maximum atomic E-state index is 12.7. The van der Waals surface area contributed by atoms with E-state index >= 15 is 0 Å². The van der Waals surface area contributed by atoms with E-state index in [1.807, 2.05) is 0 Å². The van der Waals surface area contributed by atoms with Crippen molar-refractivity contribution in [3.63, 3.8) is 0 Å². The number of benzene rings is 1. The van der Waals surface area contributed by atoms with Gasteiger partial charge in [0.2, 0.25) is 0 Å². The summed E-state index contributed by atoms with van der Waals surface area (Å²) in [5.74, 6) is -3.16. The van der Waals surface area contributed by atoms with Gasteiger partial charge in [-0.25, -0.2) is 8.42 Å². The summed E-state index contributed by atoms with van der Waals surface area (Å²) in [5, 5.41) is 7.40. The van der Waals surface area contributed by atoms with E-state index in [1.54, 1.807) is 29.1 Å². The predicted molar refractivity (Wildman–Crippen MR) is 98.1 cm³/mol. The summed E-state index contributed by atoms with van der Waals surface area (Å²) < 4.78 is 57.2. The first-order valence-corrected chi connectivity index (χ1v) is 10.9. The first-order valence-electron chi connectivity index (χ1n) is 7.40. The lowest BCUT2D eigenvalue weighted by Crippen LogP contribution is -2.44. The monoisotopic (exact) mass is 414 g/mol. The molecule has 1 aromatic carbocycles. The highest BCUT2D eigenvalue weighted by molar-refractivity contribution is 7.90. The Labute approximate surface area is 156 Å². The van der Waals surface area contributed by atoms with E-state index in [0.29, 0.717) is 16.2 Å². The predicted octanol–water partition coefficient (Wildman–Crippen LogP) is 0.370. The number of hydrogen-bond acceptors (Lipinski definition) is 6. The van der Waals surface area contributed by atoms with E-state index in [9.17, 15) is 21.6 Å². The molecule has 1 heterocycles. The van der Waals surface area contributed by atoms with Gasteiger partial charge < -0.3 is 10.3 Å². The molecule has 0 saturated heterocycles. The molecule has 2 rings (SSSR count). The second-order valence-electron chi connectivity index (χ2n) is 5.83. The van der Waals surface area contributed by atoms with Crippen LogP contribution >= 0.6 is 0 Å². The number of guanidine groups is 1. The Morgan fingerprint density at radius 2 is 1.78 bits per heavy atom. The molecule has 2 aromatic rings. The molecule has 0 radical (unpaired) electrons. The third-order valence-corrected chi connectivity index (χ3v) is 5.36. The lowest BCUT2D eigenvalue weighted by atomic mass is 10.1. The number of carbonyl (C=O) groups is 1. The molecule has 0 atom stereocenters. The number of aryl methyl sites for hydroxylation is 1. The zero-order valence-electron chi connectivity index (χ0n) is 14.4. The van der Waals surface area contributed by atoms with Crippen molar-refractivity contribution in [2.24, 2.45) is 5.73 Å². The van der Waals surface area contributed by atoms with Crippen LogP contribution in [0.5, 0.6) is 0 Å². The summed E-state index contributed by atoms with van der Waals surface area (Å²) in [6, 6.07) is 5.95. The van der Waals surface area contributed by atoms with E-state index in [4.69, 9.17) is 15.7 Å². The normalized spacial score (nSPS) is 12.0. The van der Waals surface area contributed by atoms with Gasteiger partial charge in [-0.05, 0) is 36.8 Å². The molecule has 1 amide bonds. The fraction of sp³-hybridized carbons (Fsp3) is 0.200. The summed E-state index contributed by atoms with van der Waals surface area (Å²) in [5.41, 5.74) is 5.73. The molecule has 0 bridgehead atoms. The number of nitrogens with zero attached hydrogens (tertiary/aromatic N) is 2. The van der Waals surface area contributed by atoms with Crippen LogP contribution in [0.25, 0.3) is 5.69 Å². The van der Waals surface area contributed by atoms with E-state index in [0.717, 1.165) is 12.3 Å². The third kappa shape index (κ3) is 4.72. The van der Waals surface area contributed by atoms with Crippen molar-refractivity contribution in [3.8, 4) is 5.69 Å². The van der Waals surface area contributed by atoms with Gasteiger partial charge in [0.1, 0.15) is 0 Å². The smallest absolute Gasteiger partial charge is 0.283 e. The van der Waals surface area contributed by atoms with Gasteiger partial charge in [-0.15, -0.1) is 0 Å². The van der Waals surface area contributed by atoms with Crippen molar-refractivity contribution in [2.75, 3.05) is 12.1 Å². The maximum absolute atomic E-state index is 12.7. The first-order chi connectivity index (χ1) is 12.3. The summed E-state index contributed by atoms with van der Waals surface area (Å²) in [4.78, 5) is 12.9. The van der Waals surface area contributed by atoms with Gasteiger partial charge in [0.15, 0.2) is 21.7 Å².